The van der Waals surface area contributed by atoms with Gasteiger partial charge in [0.15, 0.2) is 6.61 Å². The molecule has 0 radical (unpaired) electrons. The minimum absolute atomic E-state index is 0.0199. The van der Waals surface area contributed by atoms with E-state index < -0.39 is 0 Å². The van der Waals surface area contributed by atoms with E-state index in [0.29, 0.717) is 17.9 Å². The first-order valence-electron chi connectivity index (χ1n) is 8.80. The smallest absolute Gasteiger partial charge is 0.258 e. The van der Waals surface area contributed by atoms with Gasteiger partial charge in [-0.2, -0.15) is 0 Å². The van der Waals surface area contributed by atoms with E-state index >= 15 is 0 Å². The van der Waals surface area contributed by atoms with E-state index in [2.05, 4.69) is 5.32 Å². The van der Waals surface area contributed by atoms with Crippen molar-refractivity contribution in [1.29, 1.82) is 0 Å². The highest BCUT2D eigenvalue weighted by Gasteiger charge is 2.14. The maximum Gasteiger partial charge on any atom is 0.258 e. The van der Waals surface area contributed by atoms with E-state index in [9.17, 15) is 9.59 Å². The molecule has 0 aliphatic carbocycles. The third-order valence-electron chi connectivity index (χ3n) is 4.21. The van der Waals surface area contributed by atoms with Crippen LogP contribution in [-0.4, -0.2) is 43.5 Å². The molecule has 6 heteroatoms. The van der Waals surface area contributed by atoms with E-state index in [1.54, 1.807) is 55.5 Å². The van der Waals surface area contributed by atoms with Gasteiger partial charge in [-0.25, -0.2) is 0 Å². The Bertz CT molecular complexity index is 755. The van der Waals surface area contributed by atoms with Crippen LogP contribution in [0.15, 0.2) is 48.5 Å². The van der Waals surface area contributed by atoms with Crippen molar-refractivity contribution < 1.29 is 19.1 Å². The van der Waals surface area contributed by atoms with Crippen LogP contribution in [0.5, 0.6) is 11.5 Å². The lowest BCUT2D eigenvalue weighted by Gasteiger charge is -2.21. The molecule has 0 aromatic heterocycles. The van der Waals surface area contributed by atoms with Crippen molar-refractivity contribution >= 4 is 11.8 Å². The summed E-state index contributed by atoms with van der Waals surface area (Å²) in [6, 6.07) is 14.4. The minimum Gasteiger partial charge on any atom is -0.497 e. The van der Waals surface area contributed by atoms with E-state index in [4.69, 9.17) is 9.47 Å². The summed E-state index contributed by atoms with van der Waals surface area (Å²) in [7, 11) is 3.37. The zero-order valence-corrected chi connectivity index (χ0v) is 16.2. The molecule has 0 unspecified atom stereocenters. The van der Waals surface area contributed by atoms with Crippen LogP contribution in [-0.2, 0) is 11.3 Å². The first-order chi connectivity index (χ1) is 12.9. The first kappa shape index (κ1) is 20.3. The van der Waals surface area contributed by atoms with Crippen molar-refractivity contribution in [2.75, 3.05) is 20.8 Å². The normalized spacial score (nSPS) is 10.4. The molecule has 27 heavy (non-hydrogen) atoms. The highest BCUT2D eigenvalue weighted by Crippen LogP contribution is 2.16. The second kappa shape index (κ2) is 9.62. The van der Waals surface area contributed by atoms with E-state index in [0.717, 1.165) is 11.3 Å². The summed E-state index contributed by atoms with van der Waals surface area (Å²) in [6.45, 7) is 4.24. The van der Waals surface area contributed by atoms with Crippen LogP contribution in [0.4, 0.5) is 0 Å². The molecule has 2 aromatic carbocycles. The number of benzene rings is 2. The molecule has 2 aromatic rings. The predicted octanol–water partition coefficient (Wildman–Crippen LogP) is 2.87. The molecular weight excluding hydrogens is 344 g/mol. The summed E-state index contributed by atoms with van der Waals surface area (Å²) in [5, 5.41) is 2.80. The summed E-state index contributed by atoms with van der Waals surface area (Å²) in [4.78, 5) is 25.9. The van der Waals surface area contributed by atoms with Gasteiger partial charge in [-0.1, -0.05) is 12.1 Å². The summed E-state index contributed by atoms with van der Waals surface area (Å²) >= 11 is 0. The number of amides is 2. The predicted molar refractivity (Wildman–Crippen MR) is 104 cm³/mol. The monoisotopic (exact) mass is 370 g/mol. The Morgan fingerprint density at radius 2 is 1.59 bits per heavy atom. The average molecular weight is 370 g/mol. The zero-order chi connectivity index (χ0) is 19.8. The molecule has 0 atom stereocenters. The Morgan fingerprint density at radius 1 is 1.00 bits per heavy atom. The average Bonchev–Trinajstić information content (AvgIpc) is 2.70. The molecule has 0 saturated carbocycles. The standard InChI is InChI=1S/C21H26N2O4/c1-15(2)23(3)21(25)17-7-5-16(6-8-17)13-22-20(24)14-27-19-11-9-18(26-4)10-12-19/h5-12,15H,13-14H2,1-4H3,(H,22,24). The van der Waals surface area contributed by atoms with Crippen molar-refractivity contribution in [1.82, 2.24) is 10.2 Å². The fourth-order valence-corrected chi connectivity index (χ4v) is 2.28. The molecule has 0 saturated heterocycles. The van der Waals surface area contributed by atoms with Gasteiger partial charge in [0.2, 0.25) is 0 Å². The summed E-state index contributed by atoms with van der Waals surface area (Å²) in [5.74, 6) is 1.09. The highest BCUT2D eigenvalue weighted by atomic mass is 16.5. The lowest BCUT2D eigenvalue weighted by Crippen LogP contribution is -2.33. The summed E-state index contributed by atoms with van der Waals surface area (Å²) < 4.78 is 10.5. The molecule has 0 fully saturated rings. The Morgan fingerprint density at radius 3 is 2.15 bits per heavy atom. The molecule has 6 nitrogen and oxygen atoms in total. The molecule has 2 rings (SSSR count). The van der Waals surface area contributed by atoms with Crippen molar-refractivity contribution in [2.24, 2.45) is 0 Å². The zero-order valence-electron chi connectivity index (χ0n) is 16.2. The SMILES string of the molecule is COc1ccc(OCC(=O)NCc2ccc(C(=O)N(C)C(C)C)cc2)cc1. The quantitative estimate of drug-likeness (QED) is 0.776. The van der Waals surface area contributed by atoms with Gasteiger partial charge in [0, 0.05) is 25.2 Å². The lowest BCUT2D eigenvalue weighted by molar-refractivity contribution is -0.123. The molecule has 2 amide bonds. The number of hydrogen-bond donors (Lipinski definition) is 1. The third kappa shape index (κ3) is 6.02. The number of ether oxygens (including phenoxy) is 2. The van der Waals surface area contributed by atoms with Gasteiger partial charge in [0.25, 0.3) is 11.8 Å². The van der Waals surface area contributed by atoms with Crippen LogP contribution in [0.25, 0.3) is 0 Å². The van der Waals surface area contributed by atoms with Crippen LogP contribution < -0.4 is 14.8 Å². The molecule has 144 valence electrons. The van der Waals surface area contributed by atoms with Gasteiger partial charge in [-0.15, -0.1) is 0 Å². The fraction of sp³-hybridized carbons (Fsp3) is 0.333. The number of hydrogen-bond acceptors (Lipinski definition) is 4. The maximum absolute atomic E-state index is 12.3. The molecular formula is C21H26N2O4. The van der Waals surface area contributed by atoms with E-state index in [1.165, 1.54) is 0 Å². The van der Waals surface area contributed by atoms with Crippen LogP contribution in [0, 0.1) is 0 Å². The number of rotatable bonds is 8. The molecule has 0 heterocycles. The fourth-order valence-electron chi connectivity index (χ4n) is 2.28. The topological polar surface area (TPSA) is 67.9 Å². The number of nitrogens with zero attached hydrogens (tertiary/aromatic N) is 1. The molecule has 0 aliphatic rings. The Kier molecular flexibility index (Phi) is 7.23. The van der Waals surface area contributed by atoms with Crippen molar-refractivity contribution in [3.63, 3.8) is 0 Å². The highest BCUT2D eigenvalue weighted by molar-refractivity contribution is 5.94. The van der Waals surface area contributed by atoms with Crippen LogP contribution >= 0.6 is 0 Å². The van der Waals surface area contributed by atoms with Gasteiger partial charge in [0.05, 0.1) is 7.11 Å². The van der Waals surface area contributed by atoms with Gasteiger partial charge in [-0.3, -0.25) is 9.59 Å². The van der Waals surface area contributed by atoms with Gasteiger partial charge in [0.1, 0.15) is 11.5 Å². The first-order valence-corrected chi connectivity index (χ1v) is 8.80. The summed E-state index contributed by atoms with van der Waals surface area (Å²) in [5.41, 5.74) is 1.54. The van der Waals surface area contributed by atoms with Crippen molar-refractivity contribution in [3.8, 4) is 11.5 Å². The third-order valence-corrected chi connectivity index (χ3v) is 4.21. The summed E-state index contributed by atoms with van der Waals surface area (Å²) in [6.07, 6.45) is 0. The largest absolute Gasteiger partial charge is 0.497 e. The van der Waals surface area contributed by atoms with E-state index in [-0.39, 0.29) is 24.5 Å². The van der Waals surface area contributed by atoms with Crippen LogP contribution in [0.3, 0.4) is 0 Å². The number of methoxy groups -OCH3 is 1. The van der Waals surface area contributed by atoms with Gasteiger partial charge >= 0.3 is 0 Å². The molecule has 0 bridgehead atoms. The van der Waals surface area contributed by atoms with Gasteiger partial charge < -0.3 is 19.7 Å². The second-order valence-corrected chi connectivity index (χ2v) is 6.45. The minimum atomic E-state index is -0.217. The van der Waals surface area contributed by atoms with Crippen molar-refractivity contribution in [3.05, 3.63) is 59.7 Å². The Labute approximate surface area is 160 Å². The second-order valence-electron chi connectivity index (χ2n) is 6.45. The van der Waals surface area contributed by atoms with Crippen molar-refractivity contribution in [2.45, 2.75) is 26.4 Å². The molecule has 1 N–H and O–H groups in total. The number of nitrogens with one attached hydrogen (secondary N) is 1. The van der Waals surface area contributed by atoms with Crippen LogP contribution in [0.1, 0.15) is 29.8 Å². The molecule has 0 aliphatic heterocycles. The Hall–Kier alpha value is -3.02. The van der Waals surface area contributed by atoms with Crippen LogP contribution in [0.2, 0.25) is 0 Å². The number of carbonyl (C=O) groups is 2. The van der Waals surface area contributed by atoms with Gasteiger partial charge in [-0.05, 0) is 55.8 Å². The maximum atomic E-state index is 12.3. The van der Waals surface area contributed by atoms with E-state index in [1.807, 2.05) is 26.0 Å². The number of carbonyl (C=O) groups excluding carboxylic acids is 2. The Balaban J connectivity index is 1.80. The molecule has 0 spiro atoms. The lowest BCUT2D eigenvalue weighted by atomic mass is 10.1.